The molecule has 1 aliphatic heterocycles. The summed E-state index contributed by atoms with van der Waals surface area (Å²) in [6, 6.07) is 6.69. The standard InChI is InChI=1S/C20H25N3O4/c1-22(2)18(25)13-6-5-7-14(12-13)21-17(24)10-11-23-19(26)15-8-3-4-9-16(15)20(23)27/h5-7,12,15-16H,3-4,8-11H2,1-2H3,(H,21,24). The number of benzene rings is 1. The third-order valence-electron chi connectivity index (χ3n) is 5.29. The average Bonchev–Trinajstić information content (AvgIpc) is 2.90. The summed E-state index contributed by atoms with van der Waals surface area (Å²) in [5.74, 6) is -1.08. The first-order valence-corrected chi connectivity index (χ1v) is 9.35. The molecule has 2 unspecified atom stereocenters. The van der Waals surface area contributed by atoms with Crippen LogP contribution in [0.15, 0.2) is 24.3 Å². The van der Waals surface area contributed by atoms with Crippen molar-refractivity contribution >= 4 is 29.3 Å². The van der Waals surface area contributed by atoms with Crippen molar-refractivity contribution in [1.29, 1.82) is 0 Å². The van der Waals surface area contributed by atoms with Crippen molar-refractivity contribution in [3.8, 4) is 0 Å². The lowest BCUT2D eigenvalue weighted by Gasteiger charge is -2.19. The molecule has 1 aromatic carbocycles. The van der Waals surface area contributed by atoms with Crippen LogP contribution in [0.25, 0.3) is 0 Å². The molecule has 144 valence electrons. The summed E-state index contributed by atoms with van der Waals surface area (Å²) >= 11 is 0. The number of imide groups is 1. The van der Waals surface area contributed by atoms with Gasteiger partial charge in [-0.15, -0.1) is 0 Å². The van der Waals surface area contributed by atoms with E-state index in [4.69, 9.17) is 0 Å². The van der Waals surface area contributed by atoms with E-state index in [0.29, 0.717) is 11.3 Å². The topological polar surface area (TPSA) is 86.8 Å². The molecule has 1 aliphatic carbocycles. The van der Waals surface area contributed by atoms with Gasteiger partial charge in [-0.1, -0.05) is 18.9 Å². The van der Waals surface area contributed by atoms with Crippen LogP contribution in [0.2, 0.25) is 0 Å². The number of rotatable bonds is 5. The molecule has 7 nitrogen and oxygen atoms in total. The second-order valence-corrected chi connectivity index (χ2v) is 7.40. The predicted molar refractivity (Wildman–Crippen MR) is 99.9 cm³/mol. The molecule has 1 saturated heterocycles. The van der Waals surface area contributed by atoms with Crippen LogP contribution in [0.3, 0.4) is 0 Å². The largest absolute Gasteiger partial charge is 0.345 e. The summed E-state index contributed by atoms with van der Waals surface area (Å²) in [5.41, 5.74) is 0.993. The molecule has 1 saturated carbocycles. The van der Waals surface area contributed by atoms with Gasteiger partial charge in [0.1, 0.15) is 0 Å². The van der Waals surface area contributed by atoms with Gasteiger partial charge in [0.25, 0.3) is 5.91 Å². The molecule has 1 N–H and O–H groups in total. The lowest BCUT2D eigenvalue weighted by molar-refractivity contribution is -0.140. The average molecular weight is 371 g/mol. The van der Waals surface area contributed by atoms with Gasteiger partial charge in [-0.3, -0.25) is 24.1 Å². The Kier molecular flexibility index (Phi) is 5.58. The van der Waals surface area contributed by atoms with Crippen LogP contribution in [0.5, 0.6) is 0 Å². The zero-order valence-electron chi connectivity index (χ0n) is 15.7. The highest BCUT2D eigenvalue weighted by Gasteiger charge is 2.47. The molecule has 0 radical (unpaired) electrons. The first kappa shape index (κ1) is 19.1. The molecule has 0 bridgehead atoms. The van der Waals surface area contributed by atoms with Crippen molar-refractivity contribution in [2.75, 3.05) is 26.0 Å². The second-order valence-electron chi connectivity index (χ2n) is 7.40. The Bertz CT molecular complexity index is 750. The summed E-state index contributed by atoms with van der Waals surface area (Å²) in [6.07, 6.45) is 3.55. The predicted octanol–water partition coefficient (Wildman–Crippen LogP) is 1.89. The van der Waals surface area contributed by atoms with E-state index in [0.717, 1.165) is 25.7 Å². The first-order chi connectivity index (χ1) is 12.9. The summed E-state index contributed by atoms with van der Waals surface area (Å²) in [4.78, 5) is 51.9. The van der Waals surface area contributed by atoms with Crippen molar-refractivity contribution in [2.24, 2.45) is 11.8 Å². The zero-order chi connectivity index (χ0) is 19.6. The molecule has 0 spiro atoms. The van der Waals surface area contributed by atoms with Crippen LogP contribution in [-0.4, -0.2) is 54.1 Å². The number of nitrogens with one attached hydrogen (secondary N) is 1. The van der Waals surface area contributed by atoms with E-state index in [2.05, 4.69) is 5.32 Å². The summed E-state index contributed by atoms with van der Waals surface area (Å²) in [5, 5.41) is 2.73. The van der Waals surface area contributed by atoms with E-state index in [1.165, 1.54) is 9.80 Å². The van der Waals surface area contributed by atoms with Gasteiger partial charge < -0.3 is 10.2 Å². The van der Waals surface area contributed by atoms with E-state index in [-0.39, 0.29) is 48.4 Å². The number of hydrogen-bond acceptors (Lipinski definition) is 4. The highest BCUT2D eigenvalue weighted by molar-refractivity contribution is 6.05. The smallest absolute Gasteiger partial charge is 0.253 e. The van der Waals surface area contributed by atoms with E-state index >= 15 is 0 Å². The fourth-order valence-electron chi connectivity index (χ4n) is 3.88. The van der Waals surface area contributed by atoms with Gasteiger partial charge >= 0.3 is 0 Å². The highest BCUT2D eigenvalue weighted by atomic mass is 16.2. The van der Waals surface area contributed by atoms with Gasteiger partial charge in [0.2, 0.25) is 17.7 Å². The molecule has 3 rings (SSSR count). The van der Waals surface area contributed by atoms with Crippen LogP contribution in [0, 0.1) is 11.8 Å². The number of fused-ring (bicyclic) bond motifs is 1. The molecule has 7 heteroatoms. The minimum atomic E-state index is -0.292. The van der Waals surface area contributed by atoms with Gasteiger partial charge in [0, 0.05) is 38.3 Å². The molecule has 0 aromatic heterocycles. The normalized spacial score (nSPS) is 21.8. The van der Waals surface area contributed by atoms with Crippen molar-refractivity contribution < 1.29 is 19.2 Å². The molecular formula is C20H25N3O4. The van der Waals surface area contributed by atoms with Gasteiger partial charge in [-0.05, 0) is 31.0 Å². The van der Waals surface area contributed by atoms with Crippen molar-refractivity contribution in [2.45, 2.75) is 32.1 Å². The van der Waals surface area contributed by atoms with Gasteiger partial charge in [-0.2, -0.15) is 0 Å². The summed E-state index contributed by atoms with van der Waals surface area (Å²) < 4.78 is 0. The molecule has 1 aromatic rings. The lowest BCUT2D eigenvalue weighted by Crippen LogP contribution is -2.34. The third kappa shape index (κ3) is 4.02. The SMILES string of the molecule is CN(C)C(=O)c1cccc(NC(=O)CCN2C(=O)C3CCCCC3C2=O)c1. The maximum absolute atomic E-state index is 12.4. The highest BCUT2D eigenvalue weighted by Crippen LogP contribution is 2.37. The third-order valence-corrected chi connectivity index (χ3v) is 5.29. The second kappa shape index (κ2) is 7.90. The molecule has 4 amide bonds. The molecule has 2 fully saturated rings. The fourth-order valence-corrected chi connectivity index (χ4v) is 3.88. The van der Waals surface area contributed by atoms with E-state index in [1.807, 2.05) is 0 Å². The molecule has 2 aliphatic rings. The van der Waals surface area contributed by atoms with Crippen LogP contribution in [0.1, 0.15) is 42.5 Å². The van der Waals surface area contributed by atoms with Crippen LogP contribution in [-0.2, 0) is 14.4 Å². The van der Waals surface area contributed by atoms with Crippen LogP contribution in [0.4, 0.5) is 5.69 Å². The minimum absolute atomic E-state index is 0.0444. The van der Waals surface area contributed by atoms with Crippen molar-refractivity contribution in [3.05, 3.63) is 29.8 Å². The lowest BCUT2D eigenvalue weighted by atomic mass is 9.81. The quantitative estimate of drug-likeness (QED) is 0.801. The van der Waals surface area contributed by atoms with Crippen molar-refractivity contribution in [3.63, 3.8) is 0 Å². The number of hydrogen-bond donors (Lipinski definition) is 1. The minimum Gasteiger partial charge on any atom is -0.345 e. The van der Waals surface area contributed by atoms with Gasteiger partial charge in [-0.25, -0.2) is 0 Å². The number of amides is 4. The zero-order valence-corrected chi connectivity index (χ0v) is 15.7. The van der Waals surface area contributed by atoms with Crippen LogP contribution < -0.4 is 5.32 Å². The maximum atomic E-state index is 12.4. The Morgan fingerprint density at radius 3 is 2.33 bits per heavy atom. The Morgan fingerprint density at radius 2 is 1.74 bits per heavy atom. The van der Waals surface area contributed by atoms with E-state index < -0.39 is 0 Å². The number of likely N-dealkylation sites (tertiary alicyclic amines) is 1. The van der Waals surface area contributed by atoms with Crippen LogP contribution >= 0.6 is 0 Å². The van der Waals surface area contributed by atoms with Gasteiger partial charge in [0.05, 0.1) is 11.8 Å². The van der Waals surface area contributed by atoms with Gasteiger partial charge in [0.15, 0.2) is 0 Å². The molecular weight excluding hydrogens is 346 g/mol. The Morgan fingerprint density at radius 1 is 1.11 bits per heavy atom. The fraction of sp³-hybridized carbons (Fsp3) is 0.500. The number of carbonyl (C=O) groups is 4. The first-order valence-electron chi connectivity index (χ1n) is 9.35. The summed E-state index contributed by atoms with van der Waals surface area (Å²) in [6.45, 7) is 0.104. The molecule has 1 heterocycles. The molecule has 2 atom stereocenters. The van der Waals surface area contributed by atoms with Crippen molar-refractivity contribution in [1.82, 2.24) is 9.80 Å². The van der Waals surface area contributed by atoms with E-state index in [9.17, 15) is 19.2 Å². The maximum Gasteiger partial charge on any atom is 0.253 e. The Hall–Kier alpha value is -2.70. The number of anilines is 1. The Labute approximate surface area is 158 Å². The summed E-state index contributed by atoms with van der Waals surface area (Å²) in [7, 11) is 3.32. The number of carbonyl (C=O) groups excluding carboxylic acids is 4. The molecule has 27 heavy (non-hydrogen) atoms. The number of nitrogens with zero attached hydrogens (tertiary/aromatic N) is 2. The monoisotopic (exact) mass is 371 g/mol. The van der Waals surface area contributed by atoms with E-state index in [1.54, 1.807) is 38.4 Å². The Balaban J connectivity index is 1.57.